The Morgan fingerprint density at radius 1 is 1.06 bits per heavy atom. The lowest BCUT2D eigenvalue weighted by molar-refractivity contribution is -0.143. The third kappa shape index (κ3) is 14.2. The van der Waals surface area contributed by atoms with E-state index in [9.17, 15) is 29.1 Å². The number of guanidine groups is 1. The summed E-state index contributed by atoms with van der Waals surface area (Å²) in [5.41, 5.74) is 10.8. The van der Waals surface area contributed by atoms with E-state index in [-0.39, 0.29) is 23.9 Å². The fraction of sp³-hybridized carbons (Fsp3) is 0.556. The molecule has 3 atom stereocenters. The van der Waals surface area contributed by atoms with Gasteiger partial charge < -0.3 is 42.9 Å². The molecule has 0 saturated heterocycles. The van der Waals surface area contributed by atoms with E-state index in [0.717, 1.165) is 11.8 Å². The maximum absolute atomic E-state index is 12.4. The largest absolute Gasteiger partial charge is 0.481 e. The predicted octanol–water partition coefficient (Wildman–Crippen LogP) is -3.41. The maximum atomic E-state index is 12.4. The molecule has 0 aromatic carbocycles. The van der Waals surface area contributed by atoms with Crippen molar-refractivity contribution >= 4 is 47.4 Å². The molecule has 184 valence electrons. The molecular formula is C18H29N7O7S. The summed E-state index contributed by atoms with van der Waals surface area (Å²) < 4.78 is 0. The molecule has 0 bridgehead atoms. The second kappa shape index (κ2) is 16.2. The quantitative estimate of drug-likeness (QED) is 0.0448. The molecule has 0 saturated carbocycles. The van der Waals surface area contributed by atoms with Crippen molar-refractivity contribution in [2.75, 3.05) is 24.6 Å². The van der Waals surface area contributed by atoms with E-state index in [2.05, 4.69) is 27.2 Å². The van der Waals surface area contributed by atoms with Gasteiger partial charge in [0.1, 0.15) is 12.1 Å². The number of terminal acetylenes is 1. The van der Waals surface area contributed by atoms with Crippen LogP contribution in [0.25, 0.3) is 0 Å². The van der Waals surface area contributed by atoms with Crippen molar-refractivity contribution in [3.63, 3.8) is 0 Å². The molecule has 0 aromatic heterocycles. The van der Waals surface area contributed by atoms with E-state index >= 15 is 0 Å². The summed E-state index contributed by atoms with van der Waals surface area (Å²) in [5.74, 6) is -3.06. The lowest BCUT2D eigenvalue weighted by Gasteiger charge is -2.20. The summed E-state index contributed by atoms with van der Waals surface area (Å²) in [6, 6.07) is -3.86. The molecule has 0 aliphatic carbocycles. The van der Waals surface area contributed by atoms with E-state index < -0.39 is 60.8 Å². The molecule has 0 heterocycles. The number of amides is 3. The molecule has 0 aromatic rings. The minimum absolute atomic E-state index is 0.0606. The van der Waals surface area contributed by atoms with E-state index in [1.807, 2.05) is 0 Å². The van der Waals surface area contributed by atoms with E-state index in [4.69, 9.17) is 28.4 Å². The average molecular weight is 488 g/mol. The normalized spacial score (nSPS) is 12.8. The highest BCUT2D eigenvalue weighted by Gasteiger charge is 2.28. The van der Waals surface area contributed by atoms with Gasteiger partial charge in [0.05, 0.1) is 24.8 Å². The van der Waals surface area contributed by atoms with Gasteiger partial charge in [-0.1, -0.05) is 5.92 Å². The van der Waals surface area contributed by atoms with Crippen LogP contribution in [0.2, 0.25) is 0 Å². The van der Waals surface area contributed by atoms with Crippen molar-refractivity contribution in [3.05, 3.63) is 0 Å². The predicted molar refractivity (Wildman–Crippen MR) is 120 cm³/mol. The van der Waals surface area contributed by atoms with Crippen LogP contribution < -0.4 is 32.7 Å². The van der Waals surface area contributed by atoms with Crippen LogP contribution in [0.4, 0.5) is 0 Å². The second-order valence-electron chi connectivity index (χ2n) is 6.64. The molecule has 0 aliphatic rings. The molecule has 33 heavy (non-hydrogen) atoms. The van der Waals surface area contributed by atoms with Crippen LogP contribution in [-0.2, 0) is 24.0 Å². The van der Waals surface area contributed by atoms with Gasteiger partial charge in [-0.3, -0.25) is 24.6 Å². The van der Waals surface area contributed by atoms with Gasteiger partial charge in [-0.15, -0.1) is 18.2 Å². The number of hydrogen-bond acceptors (Lipinski definition) is 8. The third-order valence-corrected chi connectivity index (χ3v) is 4.82. The molecule has 0 unspecified atom stereocenters. The zero-order valence-electron chi connectivity index (χ0n) is 17.8. The molecule has 11 N–H and O–H groups in total. The van der Waals surface area contributed by atoms with Gasteiger partial charge in [-0.05, 0) is 12.8 Å². The number of aliphatic carboxylic acids is 2. The first-order chi connectivity index (χ1) is 15.5. The zero-order valence-corrected chi connectivity index (χ0v) is 18.6. The standard InChI is InChI=1S/C18H29N7O7S/c1-2-6-33-9-12(17(31)32)25-16(30)11(7-14(27)28)24-13(26)8-23-15(29)10(19)4-3-5-22-18(20)21/h1,10-12H,3-9,19H2,(H,23,29)(H,24,26)(H,25,30)(H,27,28)(H,31,32)(H4,20,21,22)/t10-,11-,12-/m0/s1. The smallest absolute Gasteiger partial charge is 0.327 e. The summed E-state index contributed by atoms with van der Waals surface area (Å²) in [6.07, 6.45) is 4.96. The van der Waals surface area contributed by atoms with Crippen molar-refractivity contribution in [2.24, 2.45) is 11.5 Å². The molecule has 0 fully saturated rings. The van der Waals surface area contributed by atoms with Crippen molar-refractivity contribution in [2.45, 2.75) is 37.4 Å². The Morgan fingerprint density at radius 3 is 2.27 bits per heavy atom. The lowest BCUT2D eigenvalue weighted by atomic mass is 10.1. The number of carbonyl (C=O) groups is 5. The fourth-order valence-corrected chi connectivity index (χ4v) is 2.98. The lowest BCUT2D eigenvalue weighted by Crippen LogP contribution is -2.54. The van der Waals surface area contributed by atoms with Gasteiger partial charge in [0.15, 0.2) is 5.96 Å². The fourth-order valence-electron chi connectivity index (χ4n) is 2.29. The number of thioether (sulfide) groups is 1. The van der Waals surface area contributed by atoms with Crippen LogP contribution in [0, 0.1) is 17.8 Å². The van der Waals surface area contributed by atoms with Crippen molar-refractivity contribution in [1.82, 2.24) is 21.3 Å². The summed E-state index contributed by atoms with van der Waals surface area (Å²) >= 11 is 1.08. The monoisotopic (exact) mass is 487 g/mol. The molecule has 3 amide bonds. The SMILES string of the molecule is C#CCSC[C@H](NC(=O)[C@H](CC(=O)O)NC(=O)CNC(=O)[C@@H](N)CCCNC(=N)N)C(=O)O. The first kappa shape index (κ1) is 29.5. The summed E-state index contributed by atoms with van der Waals surface area (Å²) in [6.45, 7) is -0.247. The topological polar surface area (TPSA) is 250 Å². The Balaban J connectivity index is 4.76. The maximum Gasteiger partial charge on any atom is 0.327 e. The summed E-state index contributed by atoms with van der Waals surface area (Å²) in [5, 5.41) is 34.3. The van der Waals surface area contributed by atoms with Crippen LogP contribution in [0.15, 0.2) is 0 Å². The number of nitrogens with one attached hydrogen (secondary N) is 5. The molecule has 0 rings (SSSR count). The first-order valence-electron chi connectivity index (χ1n) is 9.64. The molecule has 0 radical (unpaired) electrons. The molecule has 14 nitrogen and oxygen atoms in total. The van der Waals surface area contributed by atoms with Crippen LogP contribution >= 0.6 is 11.8 Å². The van der Waals surface area contributed by atoms with Crippen molar-refractivity contribution in [3.8, 4) is 12.3 Å². The van der Waals surface area contributed by atoms with Crippen LogP contribution in [0.1, 0.15) is 19.3 Å². The second-order valence-corrected chi connectivity index (χ2v) is 7.67. The van der Waals surface area contributed by atoms with Gasteiger partial charge in [0, 0.05) is 12.3 Å². The van der Waals surface area contributed by atoms with Crippen molar-refractivity contribution in [1.29, 1.82) is 5.41 Å². The molecule has 15 heteroatoms. The van der Waals surface area contributed by atoms with Gasteiger partial charge in [-0.2, -0.15) is 0 Å². The van der Waals surface area contributed by atoms with Crippen molar-refractivity contribution < 1.29 is 34.2 Å². The number of nitrogens with two attached hydrogens (primary N) is 2. The Kier molecular flexibility index (Phi) is 14.4. The Morgan fingerprint density at radius 2 is 1.73 bits per heavy atom. The van der Waals surface area contributed by atoms with Gasteiger partial charge >= 0.3 is 11.9 Å². The van der Waals surface area contributed by atoms with E-state index in [1.54, 1.807) is 0 Å². The molecule has 0 aliphatic heterocycles. The number of carboxylic acids is 2. The highest BCUT2D eigenvalue weighted by molar-refractivity contribution is 7.99. The van der Waals surface area contributed by atoms with E-state index in [1.165, 1.54) is 0 Å². The minimum Gasteiger partial charge on any atom is -0.481 e. The van der Waals surface area contributed by atoms with Crippen LogP contribution in [0.3, 0.4) is 0 Å². The van der Waals surface area contributed by atoms with Gasteiger partial charge in [0.25, 0.3) is 0 Å². The Hall–Kier alpha value is -3.51. The van der Waals surface area contributed by atoms with Crippen LogP contribution in [0.5, 0.6) is 0 Å². The van der Waals surface area contributed by atoms with Gasteiger partial charge in [0.2, 0.25) is 17.7 Å². The number of rotatable bonds is 16. The Labute approximate surface area is 194 Å². The van der Waals surface area contributed by atoms with Gasteiger partial charge in [-0.25, -0.2) is 4.79 Å². The average Bonchev–Trinajstić information content (AvgIpc) is 2.73. The molecule has 0 spiro atoms. The van der Waals surface area contributed by atoms with E-state index in [0.29, 0.717) is 13.0 Å². The highest BCUT2D eigenvalue weighted by atomic mass is 32.2. The Bertz CT molecular complexity index is 772. The number of carbonyl (C=O) groups excluding carboxylic acids is 3. The summed E-state index contributed by atoms with van der Waals surface area (Å²) in [7, 11) is 0. The summed E-state index contributed by atoms with van der Waals surface area (Å²) in [4.78, 5) is 58.8. The number of hydrogen-bond donors (Lipinski definition) is 9. The third-order valence-electron chi connectivity index (χ3n) is 3.88. The number of carboxylic acid groups (broad SMARTS) is 2. The molecular weight excluding hydrogens is 458 g/mol. The zero-order chi connectivity index (χ0) is 25.4. The minimum atomic E-state index is -1.57. The highest BCUT2D eigenvalue weighted by Crippen LogP contribution is 2.04. The first-order valence-corrected chi connectivity index (χ1v) is 10.8. The van der Waals surface area contributed by atoms with Crippen LogP contribution in [-0.4, -0.2) is 88.6 Å².